The van der Waals surface area contributed by atoms with Gasteiger partial charge in [0.25, 0.3) is 0 Å². The molecule has 1 aromatic heterocycles. The van der Waals surface area contributed by atoms with Gasteiger partial charge in [-0.1, -0.05) is 39.3 Å². The van der Waals surface area contributed by atoms with E-state index in [1.807, 2.05) is 26.8 Å². The Morgan fingerprint density at radius 1 is 1.04 bits per heavy atom. The van der Waals surface area contributed by atoms with Crippen LogP contribution in [0.1, 0.15) is 47.0 Å². The highest BCUT2D eigenvalue weighted by Gasteiger charge is 2.54. The maximum Gasteiger partial charge on any atom is 0.408 e. The molecule has 3 N–H and O–H groups in total. The largest absolute Gasteiger partial charge is 0.491 e. The fourth-order valence-electron chi connectivity index (χ4n) is 7.72. The van der Waals surface area contributed by atoms with Crippen LogP contribution in [0.4, 0.5) is 4.79 Å². The number of ether oxygens (including phenoxy) is 6. The van der Waals surface area contributed by atoms with E-state index < -0.39 is 41.5 Å². The van der Waals surface area contributed by atoms with Crippen molar-refractivity contribution in [2.75, 3.05) is 66.3 Å². The molecule has 3 amide bonds. The first-order valence-corrected chi connectivity index (χ1v) is 18.6. The standard InChI is InChI=1S/C37H52ClN5O9/c1-21-25-16-22(17-26(21)25)52-36(46)41-33(37(2,3)4)35(45)43-20-23(18-27(43)34(39)44)51-29-19-30(50-15-14-47-5)40-32-24(29)6-7-28(31(32)38)49-13-10-42-8-11-48-12-9-42/h6-7,19,21-23,25-27,33H,8-18,20H2,1-5H3,(H2,39,44)(H,41,46)/t21-,22+,23?,25+,26-,27-,33+/m0/s1. The van der Waals surface area contributed by atoms with Crippen LogP contribution in [0.15, 0.2) is 18.2 Å². The van der Waals surface area contributed by atoms with Crippen molar-refractivity contribution < 1.29 is 42.8 Å². The number of rotatable bonds is 14. The van der Waals surface area contributed by atoms with E-state index in [0.29, 0.717) is 71.6 Å². The molecule has 286 valence electrons. The molecule has 6 rings (SSSR count). The number of amides is 3. The molecule has 2 saturated heterocycles. The van der Waals surface area contributed by atoms with Gasteiger partial charge in [0.1, 0.15) is 59.5 Å². The van der Waals surface area contributed by atoms with Gasteiger partial charge in [-0.25, -0.2) is 9.78 Å². The van der Waals surface area contributed by atoms with Crippen LogP contribution >= 0.6 is 11.6 Å². The number of pyridine rings is 1. The normalized spacial score (nSPS) is 26.5. The van der Waals surface area contributed by atoms with Gasteiger partial charge in [-0.05, 0) is 48.1 Å². The maximum absolute atomic E-state index is 14.2. The highest BCUT2D eigenvalue weighted by molar-refractivity contribution is 6.36. The molecule has 4 aliphatic rings. The van der Waals surface area contributed by atoms with Crippen molar-refractivity contribution in [3.8, 4) is 17.4 Å². The number of hydrogen-bond donors (Lipinski definition) is 2. The van der Waals surface area contributed by atoms with Gasteiger partial charge in [0.15, 0.2) is 0 Å². The Morgan fingerprint density at radius 3 is 2.44 bits per heavy atom. The number of benzene rings is 1. The molecule has 52 heavy (non-hydrogen) atoms. The maximum atomic E-state index is 14.2. The smallest absolute Gasteiger partial charge is 0.408 e. The van der Waals surface area contributed by atoms with E-state index in [4.69, 9.17) is 45.8 Å². The molecule has 2 aromatic rings. The minimum atomic E-state index is -0.974. The van der Waals surface area contributed by atoms with Crippen molar-refractivity contribution in [1.29, 1.82) is 0 Å². The Hall–Kier alpha value is -3.59. The number of methoxy groups -OCH3 is 1. The second-order valence-electron chi connectivity index (χ2n) is 15.4. The minimum absolute atomic E-state index is 0.0553. The lowest BCUT2D eigenvalue weighted by Crippen LogP contribution is -2.57. The van der Waals surface area contributed by atoms with Crippen molar-refractivity contribution in [3.63, 3.8) is 0 Å². The van der Waals surface area contributed by atoms with Gasteiger partial charge in [-0.3, -0.25) is 14.5 Å². The first kappa shape index (κ1) is 38.1. The highest BCUT2D eigenvalue weighted by Crippen LogP contribution is 2.57. The van der Waals surface area contributed by atoms with Crippen molar-refractivity contribution in [2.45, 2.75) is 71.2 Å². The van der Waals surface area contributed by atoms with E-state index in [2.05, 4.69) is 22.1 Å². The number of fused-ring (bicyclic) bond motifs is 2. The Bertz CT molecular complexity index is 1600. The van der Waals surface area contributed by atoms with E-state index >= 15 is 0 Å². The molecule has 0 bridgehead atoms. The number of halogens is 1. The number of hydrogen-bond acceptors (Lipinski definition) is 11. The zero-order valence-corrected chi connectivity index (χ0v) is 31.5. The lowest BCUT2D eigenvalue weighted by atomic mass is 9.85. The summed E-state index contributed by atoms with van der Waals surface area (Å²) in [5.41, 5.74) is 5.57. The molecule has 1 unspecified atom stereocenters. The summed E-state index contributed by atoms with van der Waals surface area (Å²) < 4.78 is 34.8. The summed E-state index contributed by atoms with van der Waals surface area (Å²) in [5, 5.41) is 3.71. The van der Waals surface area contributed by atoms with Crippen molar-refractivity contribution in [1.82, 2.24) is 20.1 Å². The first-order valence-electron chi connectivity index (χ1n) is 18.3. The molecule has 2 saturated carbocycles. The predicted octanol–water partition coefficient (Wildman–Crippen LogP) is 3.64. The van der Waals surface area contributed by atoms with Crippen LogP contribution in [0.2, 0.25) is 5.02 Å². The highest BCUT2D eigenvalue weighted by atomic mass is 35.5. The lowest BCUT2D eigenvalue weighted by molar-refractivity contribution is -0.141. The first-order chi connectivity index (χ1) is 24.8. The third kappa shape index (κ3) is 8.78. The monoisotopic (exact) mass is 745 g/mol. The fourth-order valence-corrected chi connectivity index (χ4v) is 7.98. The van der Waals surface area contributed by atoms with Crippen LogP contribution in [0.3, 0.4) is 0 Å². The zero-order valence-electron chi connectivity index (χ0n) is 30.7. The summed E-state index contributed by atoms with van der Waals surface area (Å²) in [5.74, 6) is 1.93. The van der Waals surface area contributed by atoms with Crippen molar-refractivity contribution in [3.05, 3.63) is 23.2 Å². The third-order valence-corrected chi connectivity index (χ3v) is 11.1. The second-order valence-corrected chi connectivity index (χ2v) is 15.8. The third-order valence-electron chi connectivity index (χ3n) is 10.8. The van der Waals surface area contributed by atoms with Gasteiger partial charge in [-0.2, -0.15) is 0 Å². The van der Waals surface area contributed by atoms with Gasteiger partial charge in [0.05, 0.1) is 26.4 Å². The van der Waals surface area contributed by atoms with Crippen LogP contribution in [-0.4, -0.2) is 123 Å². The molecule has 0 spiro atoms. The Kier molecular flexibility index (Phi) is 11.9. The van der Waals surface area contributed by atoms with Crippen LogP contribution in [0.25, 0.3) is 10.9 Å². The number of alkyl carbamates (subject to hydrolysis) is 1. The number of nitrogens with two attached hydrogens (primary N) is 1. The molecule has 14 nitrogen and oxygen atoms in total. The quantitative estimate of drug-likeness (QED) is 0.272. The van der Waals surface area contributed by atoms with Crippen LogP contribution < -0.4 is 25.3 Å². The zero-order chi connectivity index (χ0) is 37.2. The van der Waals surface area contributed by atoms with E-state index in [-0.39, 0.29) is 31.6 Å². The molecule has 0 radical (unpaired) electrons. The van der Waals surface area contributed by atoms with E-state index in [9.17, 15) is 14.4 Å². The van der Waals surface area contributed by atoms with Crippen LogP contribution in [0, 0.1) is 23.2 Å². The Morgan fingerprint density at radius 2 is 1.77 bits per heavy atom. The molecule has 7 atom stereocenters. The van der Waals surface area contributed by atoms with Crippen molar-refractivity contribution in [2.24, 2.45) is 28.9 Å². The number of nitrogens with zero attached hydrogens (tertiary/aromatic N) is 3. The molecule has 2 aliphatic carbocycles. The predicted molar refractivity (Wildman–Crippen MR) is 193 cm³/mol. The summed E-state index contributed by atoms with van der Waals surface area (Å²) >= 11 is 6.89. The summed E-state index contributed by atoms with van der Waals surface area (Å²) in [6, 6.07) is 3.31. The van der Waals surface area contributed by atoms with Crippen LogP contribution in [0.5, 0.6) is 17.4 Å². The number of primary amides is 1. The number of morpholine rings is 1. The summed E-state index contributed by atoms with van der Waals surface area (Å²) in [6.07, 6.45) is 0.419. The van der Waals surface area contributed by atoms with Gasteiger partial charge in [0.2, 0.25) is 17.7 Å². The molecule has 3 heterocycles. The lowest BCUT2D eigenvalue weighted by Gasteiger charge is -2.35. The average molecular weight is 746 g/mol. The molecular weight excluding hydrogens is 694 g/mol. The van der Waals surface area contributed by atoms with Gasteiger partial charge in [0, 0.05) is 44.6 Å². The topological polar surface area (TPSA) is 164 Å². The summed E-state index contributed by atoms with van der Waals surface area (Å²) in [6.45, 7) is 12.7. The van der Waals surface area contributed by atoms with Crippen LogP contribution in [-0.2, 0) is 23.8 Å². The number of carbonyl (C=O) groups is 3. The Balaban J connectivity index is 1.18. The van der Waals surface area contributed by atoms with E-state index in [1.54, 1.807) is 19.2 Å². The SMILES string of the molecule is COCCOc1cc(OC2C[C@@H](C(N)=O)N(C(=O)[C@@H](NC(=O)O[C@@H]3C[C@@H]4[C@H](C)[C@@H]4C3)C(C)(C)C)C2)c2ccc(OCCN3CCOCC3)c(Cl)c2n1. The van der Waals surface area contributed by atoms with Crippen molar-refractivity contribution >= 4 is 40.4 Å². The number of likely N-dealkylation sites (tertiary alicyclic amines) is 1. The minimum Gasteiger partial charge on any atom is -0.491 e. The second kappa shape index (κ2) is 16.2. The molecule has 15 heteroatoms. The van der Waals surface area contributed by atoms with Gasteiger partial charge >= 0.3 is 6.09 Å². The summed E-state index contributed by atoms with van der Waals surface area (Å²) in [7, 11) is 1.58. The Labute approximate surface area is 309 Å². The van der Waals surface area contributed by atoms with Gasteiger partial charge in [-0.15, -0.1) is 0 Å². The van der Waals surface area contributed by atoms with E-state index in [1.165, 1.54) is 4.90 Å². The number of nitrogens with one attached hydrogen (secondary N) is 1. The molecular formula is C37H52ClN5O9. The molecule has 2 aliphatic heterocycles. The van der Waals surface area contributed by atoms with Gasteiger partial charge < -0.3 is 44.4 Å². The fraction of sp³-hybridized carbons (Fsp3) is 0.676. The summed E-state index contributed by atoms with van der Waals surface area (Å²) in [4.78, 5) is 48.3. The number of aromatic nitrogens is 1. The van der Waals surface area contributed by atoms with E-state index in [0.717, 1.165) is 32.5 Å². The number of carbonyl (C=O) groups excluding carboxylic acids is 3. The average Bonchev–Trinajstić information content (AvgIpc) is 3.42. The molecule has 4 fully saturated rings. The molecule has 1 aromatic carbocycles.